The van der Waals surface area contributed by atoms with E-state index in [1.165, 1.54) is 12.1 Å². The Balaban J connectivity index is 1.93. The van der Waals surface area contributed by atoms with Crippen LogP contribution < -0.4 is 5.32 Å². The number of nitrogens with one attached hydrogen (secondary N) is 1. The summed E-state index contributed by atoms with van der Waals surface area (Å²) in [5, 5.41) is 13.0. The molecule has 0 saturated heterocycles. The molecule has 2 nitrogen and oxygen atoms in total. The maximum Gasteiger partial charge on any atom is 0.123 e. The Kier molecular flexibility index (Phi) is 4.74. The molecule has 3 heteroatoms. The van der Waals surface area contributed by atoms with Gasteiger partial charge in [0.1, 0.15) is 11.6 Å². The zero-order chi connectivity index (χ0) is 14.5. The minimum atomic E-state index is -0.206. The van der Waals surface area contributed by atoms with Crippen molar-refractivity contribution >= 4 is 0 Å². The van der Waals surface area contributed by atoms with Crippen LogP contribution in [-0.4, -0.2) is 11.1 Å². The van der Waals surface area contributed by atoms with Crippen LogP contribution in [-0.2, 0) is 6.42 Å². The first kappa shape index (κ1) is 14.5. The molecule has 2 rings (SSSR count). The van der Waals surface area contributed by atoms with Gasteiger partial charge in [0.2, 0.25) is 0 Å². The predicted molar refractivity (Wildman–Crippen MR) is 79.2 cm³/mol. The molecule has 0 heterocycles. The number of phenols is 1. The first-order valence-corrected chi connectivity index (χ1v) is 6.84. The molecule has 2 atom stereocenters. The highest BCUT2D eigenvalue weighted by Gasteiger charge is 2.10. The fraction of sp³-hybridized carbons (Fsp3) is 0.294. The number of rotatable bonds is 5. The SMILES string of the molecule is CC(Cc1ccc(F)cc1)NC(C)c1cccc(O)c1. The van der Waals surface area contributed by atoms with Crippen molar-refractivity contribution < 1.29 is 9.50 Å². The summed E-state index contributed by atoms with van der Waals surface area (Å²) in [7, 11) is 0. The summed E-state index contributed by atoms with van der Waals surface area (Å²) in [5.74, 6) is 0.0739. The fourth-order valence-electron chi connectivity index (χ4n) is 2.35. The van der Waals surface area contributed by atoms with Crippen molar-refractivity contribution in [2.24, 2.45) is 0 Å². The monoisotopic (exact) mass is 273 g/mol. The molecule has 0 aliphatic heterocycles. The number of phenolic OH excluding ortho intramolecular Hbond substituents is 1. The number of benzene rings is 2. The highest BCUT2D eigenvalue weighted by atomic mass is 19.1. The van der Waals surface area contributed by atoms with Gasteiger partial charge in [-0.2, -0.15) is 0 Å². The molecule has 0 spiro atoms. The van der Waals surface area contributed by atoms with E-state index < -0.39 is 0 Å². The van der Waals surface area contributed by atoms with Crippen LogP contribution in [0.1, 0.15) is 31.0 Å². The lowest BCUT2D eigenvalue weighted by atomic mass is 10.0. The summed E-state index contributed by atoms with van der Waals surface area (Å²) >= 11 is 0. The molecule has 0 aliphatic rings. The Morgan fingerprint density at radius 3 is 2.45 bits per heavy atom. The van der Waals surface area contributed by atoms with Crippen molar-refractivity contribution in [1.82, 2.24) is 5.32 Å². The largest absolute Gasteiger partial charge is 0.508 e. The van der Waals surface area contributed by atoms with Gasteiger partial charge in [-0.1, -0.05) is 24.3 Å². The molecule has 106 valence electrons. The standard InChI is InChI=1S/C17H20FNO/c1-12(10-14-6-8-16(18)9-7-14)19-13(2)15-4-3-5-17(20)11-15/h3-9,11-13,19-20H,10H2,1-2H3. The Hall–Kier alpha value is -1.87. The van der Waals surface area contributed by atoms with Gasteiger partial charge in [-0.15, -0.1) is 0 Å². The molecular formula is C17H20FNO. The number of hydrogen-bond donors (Lipinski definition) is 2. The molecule has 0 amide bonds. The van der Waals surface area contributed by atoms with Crippen LogP contribution in [0.3, 0.4) is 0 Å². The van der Waals surface area contributed by atoms with E-state index in [4.69, 9.17) is 0 Å². The van der Waals surface area contributed by atoms with E-state index >= 15 is 0 Å². The van der Waals surface area contributed by atoms with Gasteiger partial charge in [0, 0.05) is 12.1 Å². The maximum atomic E-state index is 12.9. The lowest BCUT2D eigenvalue weighted by molar-refractivity contribution is 0.461. The maximum absolute atomic E-state index is 12.9. The third-order valence-corrected chi connectivity index (χ3v) is 3.36. The summed E-state index contributed by atoms with van der Waals surface area (Å²) in [6.07, 6.45) is 0.837. The van der Waals surface area contributed by atoms with Crippen LogP contribution in [0.4, 0.5) is 4.39 Å². The average molecular weight is 273 g/mol. The van der Waals surface area contributed by atoms with Crippen LogP contribution >= 0.6 is 0 Å². The van der Waals surface area contributed by atoms with Crippen LogP contribution in [0.25, 0.3) is 0 Å². The second kappa shape index (κ2) is 6.53. The normalized spacial score (nSPS) is 13.9. The third-order valence-electron chi connectivity index (χ3n) is 3.36. The summed E-state index contributed by atoms with van der Waals surface area (Å²) in [4.78, 5) is 0. The van der Waals surface area contributed by atoms with E-state index in [-0.39, 0.29) is 23.7 Å². The van der Waals surface area contributed by atoms with E-state index in [1.807, 2.05) is 24.3 Å². The molecule has 20 heavy (non-hydrogen) atoms. The van der Waals surface area contributed by atoms with Crippen molar-refractivity contribution in [3.05, 3.63) is 65.5 Å². The molecular weight excluding hydrogens is 253 g/mol. The molecule has 2 N–H and O–H groups in total. The fourth-order valence-corrected chi connectivity index (χ4v) is 2.35. The van der Waals surface area contributed by atoms with Gasteiger partial charge in [-0.3, -0.25) is 0 Å². The predicted octanol–water partition coefficient (Wildman–Crippen LogP) is 3.81. The van der Waals surface area contributed by atoms with Crippen LogP contribution in [0, 0.1) is 5.82 Å². The minimum absolute atomic E-state index is 0.151. The van der Waals surface area contributed by atoms with Gasteiger partial charge in [-0.25, -0.2) is 4.39 Å². The minimum Gasteiger partial charge on any atom is -0.508 e. The second-order valence-electron chi connectivity index (χ2n) is 5.21. The number of aromatic hydroxyl groups is 1. The van der Waals surface area contributed by atoms with E-state index in [0.29, 0.717) is 0 Å². The van der Waals surface area contributed by atoms with Crippen molar-refractivity contribution in [1.29, 1.82) is 0 Å². The highest BCUT2D eigenvalue weighted by molar-refractivity contribution is 5.29. The zero-order valence-corrected chi connectivity index (χ0v) is 11.8. The van der Waals surface area contributed by atoms with E-state index in [2.05, 4.69) is 19.2 Å². The average Bonchev–Trinajstić information content (AvgIpc) is 2.41. The second-order valence-corrected chi connectivity index (χ2v) is 5.21. The van der Waals surface area contributed by atoms with Gasteiger partial charge in [-0.05, 0) is 55.7 Å². The van der Waals surface area contributed by atoms with Crippen LogP contribution in [0.2, 0.25) is 0 Å². The molecule has 0 aliphatic carbocycles. The zero-order valence-electron chi connectivity index (χ0n) is 11.8. The molecule has 0 saturated carbocycles. The highest BCUT2D eigenvalue weighted by Crippen LogP contribution is 2.18. The van der Waals surface area contributed by atoms with Crippen LogP contribution in [0.5, 0.6) is 5.75 Å². The number of halogens is 1. The lowest BCUT2D eigenvalue weighted by Crippen LogP contribution is -2.30. The molecule has 2 aromatic rings. The van der Waals surface area contributed by atoms with Crippen molar-refractivity contribution in [3.63, 3.8) is 0 Å². The Labute approximate surface area is 119 Å². The topological polar surface area (TPSA) is 32.3 Å². The van der Waals surface area contributed by atoms with Gasteiger partial charge < -0.3 is 10.4 Å². The van der Waals surface area contributed by atoms with Crippen molar-refractivity contribution in [2.45, 2.75) is 32.4 Å². The smallest absolute Gasteiger partial charge is 0.123 e. The van der Waals surface area contributed by atoms with Crippen molar-refractivity contribution in [3.8, 4) is 5.75 Å². The molecule has 0 aromatic heterocycles. The summed E-state index contributed by atoms with van der Waals surface area (Å²) in [6.45, 7) is 4.17. The third kappa shape index (κ3) is 4.07. The van der Waals surface area contributed by atoms with E-state index in [1.54, 1.807) is 12.1 Å². The van der Waals surface area contributed by atoms with Gasteiger partial charge in [0.15, 0.2) is 0 Å². The Bertz CT molecular complexity index is 553. The Morgan fingerprint density at radius 2 is 1.80 bits per heavy atom. The molecule has 0 radical (unpaired) electrons. The molecule has 0 bridgehead atoms. The van der Waals surface area contributed by atoms with Gasteiger partial charge in [0.25, 0.3) is 0 Å². The molecule has 2 aromatic carbocycles. The first-order chi connectivity index (χ1) is 9.54. The molecule has 2 unspecified atom stereocenters. The van der Waals surface area contributed by atoms with E-state index in [0.717, 1.165) is 17.5 Å². The quantitative estimate of drug-likeness (QED) is 0.868. The molecule has 0 fully saturated rings. The summed E-state index contributed by atoms with van der Waals surface area (Å²) < 4.78 is 12.9. The summed E-state index contributed by atoms with van der Waals surface area (Å²) in [6, 6.07) is 14.3. The first-order valence-electron chi connectivity index (χ1n) is 6.84. The van der Waals surface area contributed by atoms with Gasteiger partial charge in [0.05, 0.1) is 0 Å². The number of hydrogen-bond acceptors (Lipinski definition) is 2. The van der Waals surface area contributed by atoms with Crippen LogP contribution in [0.15, 0.2) is 48.5 Å². The van der Waals surface area contributed by atoms with Crippen molar-refractivity contribution in [2.75, 3.05) is 0 Å². The van der Waals surface area contributed by atoms with E-state index in [9.17, 15) is 9.50 Å². The lowest BCUT2D eigenvalue weighted by Gasteiger charge is -2.20. The van der Waals surface area contributed by atoms with Gasteiger partial charge >= 0.3 is 0 Å². The summed E-state index contributed by atoms with van der Waals surface area (Å²) in [5.41, 5.74) is 2.16. The Morgan fingerprint density at radius 1 is 1.10 bits per heavy atom.